The topological polar surface area (TPSA) is 16.4 Å². The van der Waals surface area contributed by atoms with Crippen molar-refractivity contribution in [3.8, 4) is 33.4 Å². The maximum Gasteiger partial charge on any atom is 0.137 e. The van der Waals surface area contributed by atoms with Crippen LogP contribution in [0.5, 0.6) is 0 Å². The first-order valence-electron chi connectivity index (χ1n) is 17.7. The van der Waals surface area contributed by atoms with Crippen molar-refractivity contribution in [1.82, 2.24) is 0 Å². The summed E-state index contributed by atoms with van der Waals surface area (Å²) >= 11 is 0. The summed E-state index contributed by atoms with van der Waals surface area (Å²) in [6, 6.07) is 63.7. The van der Waals surface area contributed by atoms with Crippen LogP contribution in [0.2, 0.25) is 0 Å². The van der Waals surface area contributed by atoms with Gasteiger partial charge in [-0.15, -0.1) is 0 Å². The summed E-state index contributed by atoms with van der Waals surface area (Å²) < 4.78 is 6.46. The van der Waals surface area contributed by atoms with Gasteiger partial charge in [-0.2, -0.15) is 0 Å². The standard InChI is InChI=1S/C49H35NO/c1-49(2)44-29-35-16-7-6-15-34(35)28-43(44)40-25-23-37(30-45(40)49)50(38-24-26-42-41-20-9-11-22-47(41)51-48(42)31-38)46-21-10-8-19-39(46)36-18-12-17-33(27-36)32-13-4-3-5-14-32/h3-31H,1-2H3. The van der Waals surface area contributed by atoms with E-state index in [1.165, 1.54) is 49.7 Å². The Morgan fingerprint density at radius 2 is 1.06 bits per heavy atom. The van der Waals surface area contributed by atoms with E-state index in [1.54, 1.807) is 0 Å². The minimum Gasteiger partial charge on any atom is -0.456 e. The van der Waals surface area contributed by atoms with Gasteiger partial charge in [0.2, 0.25) is 0 Å². The average Bonchev–Trinajstić information content (AvgIpc) is 3.65. The number of nitrogens with zero attached hydrogens (tertiary/aromatic N) is 1. The first-order chi connectivity index (χ1) is 25.0. The van der Waals surface area contributed by atoms with Crippen LogP contribution in [0.4, 0.5) is 17.1 Å². The molecule has 0 fully saturated rings. The monoisotopic (exact) mass is 653 g/mol. The van der Waals surface area contributed by atoms with Crippen LogP contribution in [0.15, 0.2) is 180 Å². The average molecular weight is 654 g/mol. The summed E-state index contributed by atoms with van der Waals surface area (Å²) in [5.41, 5.74) is 15.0. The Morgan fingerprint density at radius 3 is 1.94 bits per heavy atom. The predicted octanol–water partition coefficient (Wildman–Crippen LogP) is 13.8. The third kappa shape index (κ3) is 4.71. The van der Waals surface area contributed by atoms with Crippen molar-refractivity contribution in [2.75, 3.05) is 4.90 Å². The maximum absolute atomic E-state index is 6.46. The van der Waals surface area contributed by atoms with Gasteiger partial charge in [-0.3, -0.25) is 0 Å². The lowest BCUT2D eigenvalue weighted by molar-refractivity contribution is 0.661. The Balaban J connectivity index is 1.18. The van der Waals surface area contributed by atoms with Gasteiger partial charge in [0, 0.05) is 39.2 Å². The number of anilines is 3. The van der Waals surface area contributed by atoms with Gasteiger partial charge in [-0.05, 0) is 104 Å². The van der Waals surface area contributed by atoms with E-state index in [1.807, 2.05) is 12.1 Å². The number of fused-ring (bicyclic) bond motifs is 7. The highest BCUT2D eigenvalue weighted by molar-refractivity contribution is 6.06. The molecular weight excluding hydrogens is 619 g/mol. The fraction of sp³-hybridized carbons (Fsp3) is 0.0612. The molecule has 0 aliphatic heterocycles. The first-order valence-corrected chi connectivity index (χ1v) is 17.7. The van der Waals surface area contributed by atoms with Crippen molar-refractivity contribution in [1.29, 1.82) is 0 Å². The highest BCUT2D eigenvalue weighted by Crippen LogP contribution is 2.52. The quantitative estimate of drug-likeness (QED) is 0.184. The molecular formula is C49H35NO. The summed E-state index contributed by atoms with van der Waals surface area (Å²) in [5.74, 6) is 0. The molecule has 0 saturated carbocycles. The van der Waals surface area contributed by atoms with Crippen molar-refractivity contribution in [2.45, 2.75) is 19.3 Å². The predicted molar refractivity (Wildman–Crippen MR) is 214 cm³/mol. The van der Waals surface area contributed by atoms with E-state index < -0.39 is 0 Å². The summed E-state index contributed by atoms with van der Waals surface area (Å²) in [7, 11) is 0. The van der Waals surface area contributed by atoms with Gasteiger partial charge in [0.05, 0.1) is 5.69 Å². The molecule has 0 saturated heterocycles. The fourth-order valence-corrected chi connectivity index (χ4v) is 8.24. The number of para-hydroxylation sites is 2. The van der Waals surface area contributed by atoms with Crippen molar-refractivity contribution < 1.29 is 4.42 Å². The zero-order valence-electron chi connectivity index (χ0n) is 28.6. The Hall–Kier alpha value is -6.38. The minimum atomic E-state index is -0.164. The maximum atomic E-state index is 6.46. The molecule has 0 unspecified atom stereocenters. The molecule has 9 aromatic rings. The zero-order valence-corrected chi connectivity index (χ0v) is 28.6. The molecule has 0 atom stereocenters. The number of hydrogen-bond acceptors (Lipinski definition) is 2. The lowest BCUT2D eigenvalue weighted by atomic mass is 9.81. The molecule has 2 heteroatoms. The Morgan fingerprint density at radius 1 is 0.412 bits per heavy atom. The van der Waals surface area contributed by atoms with Crippen LogP contribution in [0.1, 0.15) is 25.0 Å². The molecule has 0 spiro atoms. The van der Waals surface area contributed by atoms with Crippen molar-refractivity contribution in [3.63, 3.8) is 0 Å². The van der Waals surface area contributed by atoms with Crippen molar-refractivity contribution in [2.24, 2.45) is 0 Å². The van der Waals surface area contributed by atoms with Crippen LogP contribution in [-0.2, 0) is 5.41 Å². The zero-order chi connectivity index (χ0) is 34.1. The molecule has 51 heavy (non-hydrogen) atoms. The van der Waals surface area contributed by atoms with Gasteiger partial charge in [0.15, 0.2) is 0 Å². The lowest BCUT2D eigenvalue weighted by Gasteiger charge is -2.30. The Bertz CT molecular complexity index is 2790. The van der Waals surface area contributed by atoms with E-state index in [0.717, 1.165) is 44.6 Å². The molecule has 242 valence electrons. The van der Waals surface area contributed by atoms with Crippen LogP contribution in [0, 0.1) is 0 Å². The summed E-state index contributed by atoms with van der Waals surface area (Å²) in [5, 5.41) is 4.81. The number of rotatable bonds is 5. The van der Waals surface area contributed by atoms with E-state index in [0.29, 0.717) is 0 Å². The van der Waals surface area contributed by atoms with Crippen LogP contribution >= 0.6 is 0 Å². The second-order valence-corrected chi connectivity index (χ2v) is 14.2. The number of benzene rings is 8. The van der Waals surface area contributed by atoms with E-state index in [4.69, 9.17) is 4.42 Å². The van der Waals surface area contributed by atoms with Crippen LogP contribution in [-0.4, -0.2) is 0 Å². The van der Waals surface area contributed by atoms with Crippen LogP contribution < -0.4 is 4.90 Å². The van der Waals surface area contributed by atoms with Gasteiger partial charge in [0.25, 0.3) is 0 Å². The van der Waals surface area contributed by atoms with Gasteiger partial charge in [0.1, 0.15) is 11.2 Å². The van der Waals surface area contributed by atoms with Crippen LogP contribution in [0.25, 0.3) is 66.1 Å². The molecule has 0 N–H and O–H groups in total. The third-order valence-electron chi connectivity index (χ3n) is 10.8. The summed E-state index contributed by atoms with van der Waals surface area (Å²) in [6.07, 6.45) is 0. The Labute approximate surface area is 297 Å². The van der Waals surface area contributed by atoms with Gasteiger partial charge in [-0.25, -0.2) is 0 Å². The van der Waals surface area contributed by atoms with E-state index in [2.05, 4.69) is 183 Å². The molecule has 0 amide bonds. The molecule has 8 aromatic carbocycles. The van der Waals surface area contributed by atoms with E-state index >= 15 is 0 Å². The van der Waals surface area contributed by atoms with Gasteiger partial charge >= 0.3 is 0 Å². The SMILES string of the molecule is CC1(C)c2cc(N(c3ccc4c(c3)oc3ccccc34)c3ccccc3-c3cccc(-c4ccccc4)c3)ccc2-c2cc3ccccc3cc21. The molecule has 2 nitrogen and oxygen atoms in total. The second-order valence-electron chi connectivity index (χ2n) is 14.2. The van der Waals surface area contributed by atoms with Crippen molar-refractivity contribution in [3.05, 3.63) is 187 Å². The van der Waals surface area contributed by atoms with Crippen LogP contribution in [0.3, 0.4) is 0 Å². The molecule has 1 aliphatic rings. The molecule has 0 radical (unpaired) electrons. The molecule has 1 aromatic heterocycles. The van der Waals surface area contributed by atoms with Crippen molar-refractivity contribution >= 4 is 49.8 Å². The normalized spacial score (nSPS) is 13.1. The fourth-order valence-electron chi connectivity index (χ4n) is 8.24. The van der Waals surface area contributed by atoms with Gasteiger partial charge in [-0.1, -0.05) is 129 Å². The molecule has 1 heterocycles. The lowest BCUT2D eigenvalue weighted by Crippen LogP contribution is -2.17. The molecule has 10 rings (SSSR count). The molecule has 1 aliphatic carbocycles. The van der Waals surface area contributed by atoms with Gasteiger partial charge < -0.3 is 9.32 Å². The second kappa shape index (κ2) is 11.3. The number of hydrogen-bond donors (Lipinski definition) is 0. The largest absolute Gasteiger partial charge is 0.456 e. The smallest absolute Gasteiger partial charge is 0.137 e. The Kier molecular flexibility index (Phi) is 6.56. The highest BCUT2D eigenvalue weighted by Gasteiger charge is 2.36. The minimum absolute atomic E-state index is 0.164. The highest BCUT2D eigenvalue weighted by atomic mass is 16.3. The number of furan rings is 1. The summed E-state index contributed by atoms with van der Waals surface area (Å²) in [6.45, 7) is 4.73. The summed E-state index contributed by atoms with van der Waals surface area (Å²) in [4.78, 5) is 2.41. The van der Waals surface area contributed by atoms with E-state index in [-0.39, 0.29) is 5.41 Å². The first kappa shape index (κ1) is 29.5. The molecule has 0 bridgehead atoms. The van der Waals surface area contributed by atoms with E-state index in [9.17, 15) is 0 Å². The third-order valence-corrected chi connectivity index (χ3v) is 10.8.